The minimum atomic E-state index is -0.183. The first-order valence-corrected chi connectivity index (χ1v) is 10.2. The Morgan fingerprint density at radius 1 is 0.833 bits per heavy atom. The standard InChI is InChI=1S/C19H33N3O2/c23-18(19(7-4-8-19)22-13-15-24-16-14-22)21-11-3-5-17(6-12-21)20-9-1-2-10-20/h17H,1-16H2. The molecule has 1 atom stereocenters. The van der Waals surface area contributed by atoms with E-state index < -0.39 is 0 Å². The Balaban J connectivity index is 1.39. The summed E-state index contributed by atoms with van der Waals surface area (Å²) in [5, 5.41) is 0. The van der Waals surface area contributed by atoms with Crippen LogP contribution in [-0.2, 0) is 9.53 Å². The van der Waals surface area contributed by atoms with Crippen LogP contribution in [0.3, 0.4) is 0 Å². The van der Waals surface area contributed by atoms with Gasteiger partial charge >= 0.3 is 0 Å². The minimum Gasteiger partial charge on any atom is -0.379 e. The summed E-state index contributed by atoms with van der Waals surface area (Å²) in [7, 11) is 0. The van der Waals surface area contributed by atoms with E-state index >= 15 is 0 Å². The first-order valence-electron chi connectivity index (χ1n) is 10.2. The first kappa shape index (κ1) is 16.8. The van der Waals surface area contributed by atoms with Gasteiger partial charge in [-0.3, -0.25) is 9.69 Å². The maximum absolute atomic E-state index is 13.4. The molecular weight excluding hydrogens is 302 g/mol. The van der Waals surface area contributed by atoms with Crippen LogP contribution in [0.25, 0.3) is 0 Å². The van der Waals surface area contributed by atoms with E-state index in [1.54, 1.807) is 0 Å². The van der Waals surface area contributed by atoms with E-state index in [9.17, 15) is 4.79 Å². The zero-order valence-corrected chi connectivity index (χ0v) is 15.0. The molecule has 3 aliphatic heterocycles. The van der Waals surface area contributed by atoms with Crippen molar-refractivity contribution in [1.29, 1.82) is 0 Å². The van der Waals surface area contributed by atoms with E-state index in [2.05, 4.69) is 14.7 Å². The third-order valence-corrected chi connectivity index (χ3v) is 6.84. The maximum atomic E-state index is 13.4. The van der Waals surface area contributed by atoms with Crippen LogP contribution >= 0.6 is 0 Å². The molecule has 4 fully saturated rings. The fourth-order valence-electron chi connectivity index (χ4n) is 5.22. The molecule has 0 bridgehead atoms. The molecule has 0 N–H and O–H groups in total. The molecule has 5 heteroatoms. The number of amides is 1. The minimum absolute atomic E-state index is 0.183. The predicted octanol–water partition coefficient (Wildman–Crippen LogP) is 1.72. The van der Waals surface area contributed by atoms with Gasteiger partial charge in [-0.1, -0.05) is 0 Å². The quantitative estimate of drug-likeness (QED) is 0.787. The Kier molecular flexibility index (Phi) is 5.11. The van der Waals surface area contributed by atoms with E-state index in [1.165, 1.54) is 51.6 Å². The van der Waals surface area contributed by atoms with Gasteiger partial charge < -0.3 is 14.5 Å². The average molecular weight is 335 g/mol. The van der Waals surface area contributed by atoms with Gasteiger partial charge in [0.15, 0.2) is 0 Å². The number of morpholine rings is 1. The van der Waals surface area contributed by atoms with Gasteiger partial charge in [0.1, 0.15) is 5.54 Å². The highest BCUT2D eigenvalue weighted by Gasteiger charge is 2.51. The molecule has 4 aliphatic rings. The summed E-state index contributed by atoms with van der Waals surface area (Å²) in [6, 6.07) is 0.714. The van der Waals surface area contributed by atoms with Crippen molar-refractivity contribution in [2.75, 3.05) is 52.5 Å². The SMILES string of the molecule is O=C(N1CCCC(N2CCCC2)CC1)C1(N2CCOCC2)CCC1. The highest BCUT2D eigenvalue weighted by Crippen LogP contribution is 2.40. The largest absolute Gasteiger partial charge is 0.379 e. The summed E-state index contributed by atoms with van der Waals surface area (Å²) in [5.74, 6) is 0.428. The molecular formula is C19H33N3O2. The molecule has 1 unspecified atom stereocenters. The molecule has 0 aromatic carbocycles. The predicted molar refractivity (Wildman–Crippen MR) is 94.0 cm³/mol. The van der Waals surface area contributed by atoms with E-state index in [-0.39, 0.29) is 5.54 Å². The Labute approximate surface area is 146 Å². The fraction of sp³-hybridized carbons (Fsp3) is 0.947. The first-order chi connectivity index (χ1) is 11.8. The summed E-state index contributed by atoms with van der Waals surface area (Å²) in [4.78, 5) is 20.7. The lowest BCUT2D eigenvalue weighted by Crippen LogP contribution is -2.65. The normalized spacial score (nSPS) is 32.3. The average Bonchev–Trinajstić information content (AvgIpc) is 2.99. The van der Waals surface area contributed by atoms with Crippen molar-refractivity contribution < 1.29 is 9.53 Å². The molecule has 0 aromatic heterocycles. The highest BCUT2D eigenvalue weighted by molar-refractivity contribution is 5.87. The number of ether oxygens (including phenoxy) is 1. The smallest absolute Gasteiger partial charge is 0.243 e. The number of rotatable bonds is 3. The second kappa shape index (κ2) is 7.30. The molecule has 0 aromatic rings. The lowest BCUT2D eigenvalue weighted by Gasteiger charge is -2.51. The van der Waals surface area contributed by atoms with Crippen molar-refractivity contribution >= 4 is 5.91 Å². The Morgan fingerprint density at radius 3 is 2.25 bits per heavy atom. The molecule has 136 valence electrons. The summed E-state index contributed by atoms with van der Waals surface area (Å²) in [6.45, 7) is 7.90. The van der Waals surface area contributed by atoms with Gasteiger partial charge in [-0.05, 0) is 64.5 Å². The zero-order valence-electron chi connectivity index (χ0n) is 15.0. The van der Waals surface area contributed by atoms with Crippen molar-refractivity contribution in [3.05, 3.63) is 0 Å². The van der Waals surface area contributed by atoms with E-state index in [1.807, 2.05) is 0 Å². The molecule has 1 saturated carbocycles. The van der Waals surface area contributed by atoms with Crippen LogP contribution in [-0.4, -0.2) is 84.7 Å². The monoisotopic (exact) mass is 335 g/mol. The van der Waals surface area contributed by atoms with Crippen LogP contribution in [0.4, 0.5) is 0 Å². The van der Waals surface area contributed by atoms with Gasteiger partial charge in [0.05, 0.1) is 13.2 Å². The summed E-state index contributed by atoms with van der Waals surface area (Å²) >= 11 is 0. The van der Waals surface area contributed by atoms with Gasteiger partial charge in [0.25, 0.3) is 0 Å². The van der Waals surface area contributed by atoms with Crippen LogP contribution in [0.1, 0.15) is 51.4 Å². The fourth-order valence-corrected chi connectivity index (χ4v) is 5.22. The summed E-state index contributed by atoms with van der Waals surface area (Å²) in [5.41, 5.74) is -0.183. The van der Waals surface area contributed by atoms with Crippen LogP contribution in [0.5, 0.6) is 0 Å². The Bertz CT molecular complexity index is 440. The lowest BCUT2D eigenvalue weighted by molar-refractivity contribution is -0.156. The third-order valence-electron chi connectivity index (χ3n) is 6.84. The van der Waals surface area contributed by atoms with Gasteiger partial charge in [-0.25, -0.2) is 0 Å². The number of carbonyl (C=O) groups excluding carboxylic acids is 1. The second-order valence-electron chi connectivity index (χ2n) is 8.10. The Morgan fingerprint density at radius 2 is 1.58 bits per heavy atom. The van der Waals surface area contributed by atoms with Crippen LogP contribution < -0.4 is 0 Å². The molecule has 3 heterocycles. The second-order valence-corrected chi connectivity index (χ2v) is 8.10. The molecule has 3 saturated heterocycles. The molecule has 1 amide bonds. The van der Waals surface area contributed by atoms with Crippen molar-refractivity contribution in [2.45, 2.75) is 62.9 Å². The van der Waals surface area contributed by atoms with Crippen molar-refractivity contribution in [3.63, 3.8) is 0 Å². The zero-order chi connectivity index (χ0) is 16.4. The van der Waals surface area contributed by atoms with E-state index in [0.29, 0.717) is 11.9 Å². The highest BCUT2D eigenvalue weighted by atomic mass is 16.5. The van der Waals surface area contributed by atoms with Gasteiger partial charge in [-0.2, -0.15) is 0 Å². The van der Waals surface area contributed by atoms with Crippen molar-refractivity contribution in [2.24, 2.45) is 0 Å². The number of carbonyl (C=O) groups is 1. The molecule has 0 spiro atoms. The topological polar surface area (TPSA) is 36.0 Å². The van der Waals surface area contributed by atoms with Crippen molar-refractivity contribution in [1.82, 2.24) is 14.7 Å². The molecule has 0 radical (unpaired) electrons. The third kappa shape index (κ3) is 3.11. The van der Waals surface area contributed by atoms with Crippen molar-refractivity contribution in [3.8, 4) is 0 Å². The molecule has 5 nitrogen and oxygen atoms in total. The van der Waals surface area contributed by atoms with Gasteiger partial charge in [0.2, 0.25) is 5.91 Å². The van der Waals surface area contributed by atoms with E-state index in [0.717, 1.165) is 52.2 Å². The van der Waals surface area contributed by atoms with Crippen LogP contribution in [0, 0.1) is 0 Å². The van der Waals surface area contributed by atoms with Gasteiger partial charge in [0, 0.05) is 32.2 Å². The van der Waals surface area contributed by atoms with Gasteiger partial charge in [-0.15, -0.1) is 0 Å². The molecule has 24 heavy (non-hydrogen) atoms. The Hall–Kier alpha value is -0.650. The number of nitrogens with zero attached hydrogens (tertiary/aromatic N) is 3. The summed E-state index contributed by atoms with van der Waals surface area (Å²) < 4.78 is 5.51. The maximum Gasteiger partial charge on any atom is 0.243 e. The number of likely N-dealkylation sites (tertiary alicyclic amines) is 2. The van der Waals surface area contributed by atoms with Crippen LogP contribution in [0.2, 0.25) is 0 Å². The number of hydrogen-bond acceptors (Lipinski definition) is 4. The van der Waals surface area contributed by atoms with E-state index in [4.69, 9.17) is 4.74 Å². The van der Waals surface area contributed by atoms with Crippen LogP contribution in [0.15, 0.2) is 0 Å². The molecule has 4 rings (SSSR count). The lowest BCUT2D eigenvalue weighted by atomic mass is 9.73. The number of hydrogen-bond donors (Lipinski definition) is 0. The summed E-state index contributed by atoms with van der Waals surface area (Å²) in [6.07, 6.45) is 9.65. The molecule has 1 aliphatic carbocycles.